The highest BCUT2D eigenvalue weighted by Gasteiger charge is 2.03. The molecule has 0 spiro atoms. The first-order valence-corrected chi connectivity index (χ1v) is 6.78. The molecule has 0 bridgehead atoms. The third-order valence-electron chi connectivity index (χ3n) is 3.14. The molecule has 3 heteroatoms. The van der Waals surface area contributed by atoms with Crippen molar-refractivity contribution in [2.24, 2.45) is 0 Å². The normalized spacial score (nSPS) is 10.2. The van der Waals surface area contributed by atoms with Gasteiger partial charge in [-0.1, -0.05) is 29.8 Å². The van der Waals surface area contributed by atoms with Crippen molar-refractivity contribution in [3.63, 3.8) is 0 Å². The highest BCUT2D eigenvalue weighted by atomic mass is 16.3. The van der Waals surface area contributed by atoms with Crippen LogP contribution >= 0.6 is 0 Å². The number of amides is 1. The van der Waals surface area contributed by atoms with E-state index in [2.05, 4.69) is 36.5 Å². The van der Waals surface area contributed by atoms with Gasteiger partial charge in [-0.25, -0.2) is 0 Å². The van der Waals surface area contributed by atoms with Gasteiger partial charge in [-0.15, -0.1) is 0 Å². The second-order valence-corrected chi connectivity index (χ2v) is 4.93. The molecule has 0 unspecified atom stereocenters. The first-order chi connectivity index (χ1) is 9.63. The van der Waals surface area contributed by atoms with E-state index in [1.807, 2.05) is 0 Å². The Bertz CT molecular complexity index is 559. The summed E-state index contributed by atoms with van der Waals surface area (Å²) in [6.45, 7) is 2.06. The van der Waals surface area contributed by atoms with Crippen LogP contribution < -0.4 is 5.32 Å². The van der Waals surface area contributed by atoms with Gasteiger partial charge in [0.25, 0.3) is 0 Å². The molecule has 2 rings (SSSR count). The van der Waals surface area contributed by atoms with Crippen LogP contribution in [0, 0.1) is 6.92 Å². The Kier molecular flexibility index (Phi) is 4.77. The summed E-state index contributed by atoms with van der Waals surface area (Å²) < 4.78 is 0. The fourth-order valence-electron chi connectivity index (χ4n) is 1.98. The lowest BCUT2D eigenvalue weighted by Gasteiger charge is -2.05. The summed E-state index contributed by atoms with van der Waals surface area (Å²) in [5.41, 5.74) is 3.22. The molecule has 0 heterocycles. The largest absolute Gasteiger partial charge is 0.508 e. The molecule has 104 valence electrons. The summed E-state index contributed by atoms with van der Waals surface area (Å²) >= 11 is 0. The molecule has 0 fully saturated rings. The topological polar surface area (TPSA) is 49.3 Å². The van der Waals surface area contributed by atoms with Crippen molar-refractivity contribution >= 4 is 11.6 Å². The second-order valence-electron chi connectivity index (χ2n) is 4.93. The molecular formula is C17H19NO2. The van der Waals surface area contributed by atoms with E-state index in [0.29, 0.717) is 12.1 Å². The molecule has 2 N–H and O–H groups in total. The van der Waals surface area contributed by atoms with Gasteiger partial charge in [0, 0.05) is 12.1 Å². The number of carbonyl (C=O) groups is 1. The summed E-state index contributed by atoms with van der Waals surface area (Å²) in [6, 6.07) is 14.9. The minimum absolute atomic E-state index is 0.00259. The van der Waals surface area contributed by atoms with Gasteiger partial charge in [0.05, 0.1) is 0 Å². The van der Waals surface area contributed by atoms with Crippen LogP contribution in [-0.2, 0) is 11.2 Å². The fourth-order valence-corrected chi connectivity index (χ4v) is 1.98. The van der Waals surface area contributed by atoms with Crippen molar-refractivity contribution in [2.45, 2.75) is 26.2 Å². The van der Waals surface area contributed by atoms with E-state index in [4.69, 9.17) is 5.11 Å². The van der Waals surface area contributed by atoms with Gasteiger partial charge in [0.2, 0.25) is 5.91 Å². The smallest absolute Gasteiger partial charge is 0.224 e. The third kappa shape index (κ3) is 4.43. The van der Waals surface area contributed by atoms with Crippen LogP contribution in [0.4, 0.5) is 5.69 Å². The van der Waals surface area contributed by atoms with Gasteiger partial charge in [-0.05, 0) is 49.6 Å². The van der Waals surface area contributed by atoms with Crippen molar-refractivity contribution in [3.05, 3.63) is 59.7 Å². The number of rotatable bonds is 5. The summed E-state index contributed by atoms with van der Waals surface area (Å²) in [6.07, 6.45) is 2.23. The molecule has 1 amide bonds. The van der Waals surface area contributed by atoms with Gasteiger partial charge in [-0.2, -0.15) is 0 Å². The fraction of sp³-hybridized carbons (Fsp3) is 0.235. The van der Waals surface area contributed by atoms with Crippen LogP contribution in [-0.4, -0.2) is 11.0 Å². The van der Waals surface area contributed by atoms with Crippen LogP contribution in [0.2, 0.25) is 0 Å². The zero-order valence-corrected chi connectivity index (χ0v) is 11.6. The average molecular weight is 269 g/mol. The molecule has 0 saturated carbocycles. The van der Waals surface area contributed by atoms with Crippen LogP contribution in [0.15, 0.2) is 48.5 Å². The maximum absolute atomic E-state index is 11.8. The number of carbonyl (C=O) groups excluding carboxylic acids is 1. The van der Waals surface area contributed by atoms with E-state index in [9.17, 15) is 4.79 Å². The monoisotopic (exact) mass is 269 g/mol. The summed E-state index contributed by atoms with van der Waals surface area (Å²) in [5.74, 6) is 0.199. The third-order valence-corrected chi connectivity index (χ3v) is 3.14. The highest BCUT2D eigenvalue weighted by Crippen LogP contribution is 2.14. The predicted octanol–water partition coefficient (Wildman–Crippen LogP) is 3.66. The summed E-state index contributed by atoms with van der Waals surface area (Å²) in [5, 5.41) is 12.0. The van der Waals surface area contributed by atoms with Gasteiger partial charge in [-0.3, -0.25) is 4.79 Å². The Labute approximate surface area is 119 Å². The Hall–Kier alpha value is -2.29. The number of benzene rings is 2. The minimum atomic E-state index is 0.00259. The number of phenols is 1. The molecule has 2 aromatic rings. The summed E-state index contributed by atoms with van der Waals surface area (Å²) in [4.78, 5) is 11.8. The van der Waals surface area contributed by atoms with Crippen LogP contribution in [0.3, 0.4) is 0 Å². The van der Waals surface area contributed by atoms with Gasteiger partial charge >= 0.3 is 0 Å². The lowest BCUT2D eigenvalue weighted by molar-refractivity contribution is -0.116. The molecule has 2 aromatic carbocycles. The lowest BCUT2D eigenvalue weighted by Crippen LogP contribution is -2.11. The minimum Gasteiger partial charge on any atom is -0.508 e. The molecule has 0 atom stereocenters. The molecule has 0 aliphatic carbocycles. The maximum atomic E-state index is 11.8. The van der Waals surface area contributed by atoms with Crippen molar-refractivity contribution < 1.29 is 9.90 Å². The van der Waals surface area contributed by atoms with Crippen molar-refractivity contribution in [2.75, 3.05) is 5.32 Å². The number of nitrogens with one attached hydrogen (secondary N) is 1. The van der Waals surface area contributed by atoms with Gasteiger partial charge in [0.15, 0.2) is 0 Å². The molecule has 0 aliphatic heterocycles. The Morgan fingerprint density at radius 3 is 2.35 bits per heavy atom. The van der Waals surface area contributed by atoms with Gasteiger partial charge < -0.3 is 10.4 Å². The number of hydrogen-bond donors (Lipinski definition) is 2. The zero-order chi connectivity index (χ0) is 14.4. The lowest BCUT2D eigenvalue weighted by atomic mass is 10.1. The first-order valence-electron chi connectivity index (χ1n) is 6.78. The molecule has 20 heavy (non-hydrogen) atoms. The Balaban J connectivity index is 1.75. The van der Waals surface area contributed by atoms with E-state index in [0.717, 1.165) is 12.8 Å². The standard InChI is InChI=1S/C17H19NO2/c1-13-5-7-14(8-6-13)3-2-4-17(20)18-15-9-11-16(19)12-10-15/h5-12,19H,2-4H2,1H3,(H,18,20). The molecule has 0 aromatic heterocycles. The molecule has 0 saturated heterocycles. The van der Waals surface area contributed by atoms with Crippen molar-refractivity contribution in [1.82, 2.24) is 0 Å². The molecule has 3 nitrogen and oxygen atoms in total. The predicted molar refractivity (Wildman–Crippen MR) is 80.9 cm³/mol. The maximum Gasteiger partial charge on any atom is 0.224 e. The molecular weight excluding hydrogens is 250 g/mol. The summed E-state index contributed by atoms with van der Waals surface area (Å²) in [7, 11) is 0. The van der Waals surface area contributed by atoms with E-state index < -0.39 is 0 Å². The van der Waals surface area contributed by atoms with Crippen LogP contribution in [0.1, 0.15) is 24.0 Å². The van der Waals surface area contributed by atoms with E-state index in [1.54, 1.807) is 24.3 Å². The van der Waals surface area contributed by atoms with Crippen LogP contribution in [0.5, 0.6) is 5.75 Å². The van der Waals surface area contributed by atoms with Crippen LogP contribution in [0.25, 0.3) is 0 Å². The number of phenolic OH excluding ortho intramolecular Hbond substituents is 1. The van der Waals surface area contributed by atoms with E-state index in [-0.39, 0.29) is 11.7 Å². The Morgan fingerprint density at radius 1 is 1.05 bits per heavy atom. The number of anilines is 1. The van der Waals surface area contributed by atoms with Crippen molar-refractivity contribution in [3.8, 4) is 5.75 Å². The Morgan fingerprint density at radius 2 is 1.70 bits per heavy atom. The zero-order valence-electron chi connectivity index (χ0n) is 11.6. The second kappa shape index (κ2) is 6.75. The quantitative estimate of drug-likeness (QED) is 0.814. The van der Waals surface area contributed by atoms with E-state index >= 15 is 0 Å². The number of hydrogen-bond acceptors (Lipinski definition) is 2. The molecule has 0 radical (unpaired) electrons. The van der Waals surface area contributed by atoms with Crippen molar-refractivity contribution in [1.29, 1.82) is 0 Å². The highest BCUT2D eigenvalue weighted by molar-refractivity contribution is 5.90. The van der Waals surface area contributed by atoms with E-state index in [1.165, 1.54) is 11.1 Å². The first kappa shape index (κ1) is 14.1. The molecule has 0 aliphatic rings. The number of aromatic hydroxyl groups is 1. The number of aryl methyl sites for hydroxylation is 2. The SMILES string of the molecule is Cc1ccc(CCCC(=O)Nc2ccc(O)cc2)cc1. The average Bonchev–Trinajstić information content (AvgIpc) is 2.44. The van der Waals surface area contributed by atoms with Gasteiger partial charge in [0.1, 0.15) is 5.75 Å².